The number of carbonyl (C=O) groups excluding carboxylic acids is 2. The first-order valence-corrected chi connectivity index (χ1v) is 9.93. The molecule has 1 saturated heterocycles. The van der Waals surface area contributed by atoms with Crippen molar-refractivity contribution < 1.29 is 14.3 Å². The molecule has 1 N–H and O–H groups in total. The van der Waals surface area contributed by atoms with Gasteiger partial charge < -0.3 is 10.1 Å². The first-order valence-electron chi connectivity index (χ1n) is 8.33. The van der Waals surface area contributed by atoms with Gasteiger partial charge in [0.15, 0.2) is 0 Å². The molecule has 144 valence electrons. The van der Waals surface area contributed by atoms with Crippen LogP contribution in [0.2, 0.25) is 5.02 Å². The fourth-order valence-electron chi connectivity index (χ4n) is 2.57. The third kappa shape index (κ3) is 4.55. The van der Waals surface area contributed by atoms with Crippen LogP contribution in [0, 0.1) is 6.92 Å². The molecule has 5 nitrogen and oxygen atoms in total. The zero-order valence-electron chi connectivity index (χ0n) is 15.2. The Bertz CT molecular complexity index is 974. The van der Waals surface area contributed by atoms with E-state index in [1.807, 2.05) is 25.1 Å². The summed E-state index contributed by atoms with van der Waals surface area (Å²) in [5, 5.41) is 3.83. The van der Waals surface area contributed by atoms with Crippen molar-refractivity contribution in [1.29, 1.82) is 0 Å². The van der Waals surface area contributed by atoms with E-state index in [0.717, 1.165) is 16.8 Å². The largest absolute Gasteiger partial charge is 0.465 e. The van der Waals surface area contributed by atoms with Gasteiger partial charge in [0.05, 0.1) is 24.2 Å². The number of methoxy groups -OCH3 is 1. The maximum atomic E-state index is 12.7. The molecule has 2 aromatic rings. The first-order chi connectivity index (χ1) is 13.4. The van der Waals surface area contributed by atoms with Gasteiger partial charge in [0.25, 0.3) is 5.91 Å². The summed E-state index contributed by atoms with van der Waals surface area (Å²) < 4.78 is 5.16. The van der Waals surface area contributed by atoms with Gasteiger partial charge >= 0.3 is 5.97 Å². The highest BCUT2D eigenvalue weighted by molar-refractivity contribution is 8.26. The number of hydrogen-bond donors (Lipinski definition) is 1. The van der Waals surface area contributed by atoms with Crippen molar-refractivity contribution in [2.45, 2.75) is 6.92 Å². The molecule has 3 rings (SSSR count). The predicted octanol–water partition coefficient (Wildman–Crippen LogP) is 4.71. The van der Waals surface area contributed by atoms with E-state index in [9.17, 15) is 9.59 Å². The van der Waals surface area contributed by atoms with E-state index in [-0.39, 0.29) is 12.6 Å². The summed E-state index contributed by atoms with van der Waals surface area (Å²) >= 11 is 12.6. The zero-order valence-corrected chi connectivity index (χ0v) is 17.6. The van der Waals surface area contributed by atoms with Gasteiger partial charge in [-0.25, -0.2) is 4.79 Å². The molecule has 8 heteroatoms. The molecule has 0 unspecified atom stereocenters. The van der Waals surface area contributed by atoms with Gasteiger partial charge in [0, 0.05) is 10.7 Å². The van der Waals surface area contributed by atoms with Crippen molar-refractivity contribution in [3.63, 3.8) is 0 Å². The van der Waals surface area contributed by atoms with Crippen LogP contribution in [0.4, 0.5) is 5.69 Å². The van der Waals surface area contributed by atoms with Crippen molar-refractivity contribution in [2.24, 2.45) is 0 Å². The fourth-order valence-corrected chi connectivity index (χ4v) is 4.00. The van der Waals surface area contributed by atoms with Crippen LogP contribution in [-0.4, -0.2) is 34.9 Å². The van der Waals surface area contributed by atoms with E-state index in [1.54, 1.807) is 30.3 Å². The Morgan fingerprint density at radius 1 is 1.29 bits per heavy atom. The molecule has 1 fully saturated rings. The average Bonchev–Trinajstić information content (AvgIpc) is 2.95. The van der Waals surface area contributed by atoms with Crippen molar-refractivity contribution >= 4 is 63.5 Å². The van der Waals surface area contributed by atoms with Crippen molar-refractivity contribution in [3.8, 4) is 0 Å². The fraction of sp³-hybridized carbons (Fsp3) is 0.150. The van der Waals surface area contributed by atoms with E-state index in [2.05, 4.69) is 10.1 Å². The second kappa shape index (κ2) is 8.77. The van der Waals surface area contributed by atoms with E-state index >= 15 is 0 Å². The number of esters is 1. The number of benzene rings is 2. The molecule has 28 heavy (non-hydrogen) atoms. The average molecular weight is 433 g/mol. The van der Waals surface area contributed by atoms with Gasteiger partial charge in [-0.3, -0.25) is 9.69 Å². The maximum absolute atomic E-state index is 12.7. The molecule has 1 aliphatic rings. The van der Waals surface area contributed by atoms with Crippen LogP contribution in [-0.2, 0) is 9.53 Å². The number of nitrogens with one attached hydrogen (secondary N) is 1. The highest BCUT2D eigenvalue weighted by atomic mass is 35.5. The quantitative estimate of drug-likeness (QED) is 0.419. The highest BCUT2D eigenvalue weighted by Gasteiger charge is 2.31. The van der Waals surface area contributed by atoms with Crippen molar-refractivity contribution in [3.05, 3.63) is 69.1 Å². The summed E-state index contributed by atoms with van der Waals surface area (Å²) in [6, 6.07) is 12.4. The van der Waals surface area contributed by atoms with Gasteiger partial charge in [-0.15, -0.1) is 0 Å². The van der Waals surface area contributed by atoms with Crippen LogP contribution in [0.15, 0.2) is 47.4 Å². The van der Waals surface area contributed by atoms with Gasteiger partial charge in [0.1, 0.15) is 4.32 Å². The van der Waals surface area contributed by atoms with Crippen LogP contribution >= 0.6 is 35.6 Å². The lowest BCUT2D eigenvalue weighted by molar-refractivity contribution is -0.121. The number of ether oxygens (including phenoxy) is 1. The third-order valence-electron chi connectivity index (χ3n) is 4.13. The molecule has 0 aliphatic carbocycles. The number of carbonyl (C=O) groups is 2. The number of thiocarbonyl (C=S) groups is 1. The number of hydrogen-bond acceptors (Lipinski definition) is 6. The number of thioether (sulfide) groups is 1. The first kappa shape index (κ1) is 20.4. The van der Waals surface area contributed by atoms with Gasteiger partial charge in [-0.05, 0) is 48.4 Å². The summed E-state index contributed by atoms with van der Waals surface area (Å²) in [6.45, 7) is 2.21. The molecule has 0 atom stereocenters. The normalized spacial score (nSPS) is 15.2. The molecule has 1 aliphatic heterocycles. The Labute approximate surface area is 177 Å². The lowest BCUT2D eigenvalue weighted by Crippen LogP contribution is -2.33. The van der Waals surface area contributed by atoms with Gasteiger partial charge in [-0.1, -0.05) is 53.8 Å². The minimum absolute atomic E-state index is 0.167. The number of halogens is 1. The molecule has 0 radical (unpaired) electrons. The van der Waals surface area contributed by atoms with Crippen molar-refractivity contribution in [2.75, 3.05) is 19.1 Å². The zero-order chi connectivity index (χ0) is 20.3. The van der Waals surface area contributed by atoms with Crippen LogP contribution in [0.3, 0.4) is 0 Å². The minimum atomic E-state index is -0.403. The molecule has 1 heterocycles. The predicted molar refractivity (Wildman–Crippen MR) is 117 cm³/mol. The lowest BCUT2D eigenvalue weighted by atomic mass is 10.1. The van der Waals surface area contributed by atoms with Crippen LogP contribution in [0.1, 0.15) is 21.5 Å². The number of aryl methyl sites for hydroxylation is 1. The lowest BCUT2D eigenvalue weighted by Gasteiger charge is -2.17. The Balaban J connectivity index is 1.71. The number of rotatable bonds is 5. The van der Waals surface area contributed by atoms with Crippen LogP contribution in [0.5, 0.6) is 0 Å². The summed E-state index contributed by atoms with van der Waals surface area (Å²) in [5.41, 5.74) is 3.13. The van der Waals surface area contributed by atoms with E-state index in [1.165, 1.54) is 23.8 Å². The molecular weight excluding hydrogens is 416 g/mol. The van der Waals surface area contributed by atoms with E-state index < -0.39 is 5.97 Å². The molecule has 0 spiro atoms. The van der Waals surface area contributed by atoms with Gasteiger partial charge in [0.2, 0.25) is 0 Å². The minimum Gasteiger partial charge on any atom is -0.465 e. The standard InChI is InChI=1S/C20H17ClN2O3S2/c1-12-3-8-15(21)10-16(12)22-11-23-18(24)17(28-20(23)27)9-13-4-6-14(7-5-13)19(25)26-2/h3-10,22H,11H2,1-2H3. The smallest absolute Gasteiger partial charge is 0.337 e. The number of anilines is 1. The molecule has 2 aromatic carbocycles. The second-order valence-corrected chi connectivity index (χ2v) is 8.13. The molecule has 0 aromatic heterocycles. The molecule has 1 amide bonds. The summed E-state index contributed by atoms with van der Waals surface area (Å²) in [6.07, 6.45) is 1.75. The van der Waals surface area contributed by atoms with Crippen LogP contribution in [0.25, 0.3) is 6.08 Å². The maximum Gasteiger partial charge on any atom is 0.337 e. The Kier molecular flexibility index (Phi) is 6.39. The SMILES string of the molecule is COC(=O)c1ccc(C=C2SC(=S)N(CNc3cc(Cl)ccc3C)C2=O)cc1. The number of nitrogens with zero attached hydrogens (tertiary/aromatic N) is 1. The topological polar surface area (TPSA) is 58.6 Å². The number of amides is 1. The molecule has 0 saturated carbocycles. The van der Waals surface area contributed by atoms with Gasteiger partial charge in [-0.2, -0.15) is 0 Å². The Hall–Kier alpha value is -2.35. The Morgan fingerprint density at radius 2 is 2.00 bits per heavy atom. The summed E-state index contributed by atoms with van der Waals surface area (Å²) in [7, 11) is 1.33. The van der Waals surface area contributed by atoms with Crippen molar-refractivity contribution in [1.82, 2.24) is 4.90 Å². The Morgan fingerprint density at radius 3 is 2.68 bits per heavy atom. The van der Waals surface area contributed by atoms with E-state index in [4.69, 9.17) is 23.8 Å². The summed E-state index contributed by atoms with van der Waals surface area (Å²) in [4.78, 5) is 26.3. The highest BCUT2D eigenvalue weighted by Crippen LogP contribution is 2.32. The molecule has 0 bridgehead atoms. The monoisotopic (exact) mass is 432 g/mol. The van der Waals surface area contributed by atoms with Crippen LogP contribution < -0.4 is 5.32 Å². The third-order valence-corrected chi connectivity index (χ3v) is 5.74. The van der Waals surface area contributed by atoms with E-state index in [0.29, 0.717) is 19.8 Å². The second-order valence-electron chi connectivity index (χ2n) is 6.02. The summed E-state index contributed by atoms with van der Waals surface area (Å²) in [5.74, 6) is -0.570. The molecular formula is C20H17ClN2O3S2.